The molecule has 0 fully saturated rings. The quantitative estimate of drug-likeness (QED) is 0.0706. The number of halogens is 1. The first kappa shape index (κ1) is 49.4. The molecule has 352 valence electrons. The van der Waals surface area contributed by atoms with Gasteiger partial charge in [-0.15, -0.1) is 0 Å². The van der Waals surface area contributed by atoms with Gasteiger partial charge >= 0.3 is 17.9 Å². The van der Waals surface area contributed by atoms with Gasteiger partial charge < -0.3 is 55.7 Å². The highest BCUT2D eigenvalue weighted by atomic mass is 19.1. The van der Waals surface area contributed by atoms with Crippen LogP contribution in [0.3, 0.4) is 0 Å². The summed E-state index contributed by atoms with van der Waals surface area (Å²) in [5.74, 6) is -9.65. The molecule has 21 heteroatoms. The van der Waals surface area contributed by atoms with Gasteiger partial charge in [0.2, 0.25) is 23.6 Å². The van der Waals surface area contributed by atoms with E-state index in [1.807, 2.05) is 0 Å². The Morgan fingerprint density at radius 2 is 1.15 bits per heavy atom. The maximum atomic E-state index is 14.1. The van der Waals surface area contributed by atoms with Gasteiger partial charge in [0.15, 0.2) is 11.4 Å². The molecule has 5 atom stereocenters. The Labute approximate surface area is 377 Å². The Morgan fingerprint density at radius 3 is 1.68 bits per heavy atom. The van der Waals surface area contributed by atoms with E-state index in [1.165, 1.54) is 61.5 Å². The van der Waals surface area contributed by atoms with E-state index in [2.05, 4.69) is 31.3 Å². The van der Waals surface area contributed by atoms with E-state index in [0.29, 0.717) is 11.1 Å². The molecule has 0 radical (unpaired) electrons. The minimum atomic E-state index is -1.70. The van der Waals surface area contributed by atoms with E-state index in [9.17, 15) is 57.8 Å². The van der Waals surface area contributed by atoms with Crippen LogP contribution in [0.1, 0.15) is 84.9 Å². The van der Waals surface area contributed by atoms with Crippen LogP contribution in [0.4, 0.5) is 4.39 Å². The molecule has 1 spiro atoms. The van der Waals surface area contributed by atoms with Gasteiger partial charge in [0.05, 0.1) is 32.6 Å². The highest BCUT2D eigenvalue weighted by Gasteiger charge is 2.54. The predicted octanol–water partition coefficient (Wildman–Crippen LogP) is 1.70. The summed E-state index contributed by atoms with van der Waals surface area (Å²) in [6.45, 7) is 6.06. The first-order chi connectivity index (χ1) is 31.1. The second-order valence-corrected chi connectivity index (χ2v) is 16.2. The fraction of sp³-hybridized carbons (Fsp3) is 0.400. The zero-order valence-corrected chi connectivity index (χ0v) is 36.9. The number of methoxy groups -OCH3 is 2. The van der Waals surface area contributed by atoms with Crippen LogP contribution in [0.2, 0.25) is 0 Å². The molecule has 7 N–H and O–H groups in total. The fourth-order valence-electron chi connectivity index (χ4n) is 7.36. The number of Topliss-reactive ketones (excluding diaryl/α,β-unsaturated/α-hetero) is 1. The van der Waals surface area contributed by atoms with Crippen molar-refractivity contribution in [2.45, 2.75) is 83.3 Å². The predicted molar refractivity (Wildman–Crippen MR) is 227 cm³/mol. The van der Waals surface area contributed by atoms with Crippen LogP contribution < -0.4 is 31.3 Å². The molecule has 20 nitrogen and oxygen atoms in total. The molecule has 2 aliphatic rings. The van der Waals surface area contributed by atoms with E-state index in [4.69, 9.17) is 14.2 Å². The highest BCUT2D eigenvalue weighted by molar-refractivity contribution is 6.03. The van der Waals surface area contributed by atoms with E-state index in [-0.39, 0.29) is 39.7 Å². The monoisotopic (exact) mass is 919 g/mol. The molecular formula is C45H50FN5O15. The number of amides is 5. The van der Waals surface area contributed by atoms with Crippen LogP contribution in [0.25, 0.3) is 0 Å². The molecule has 3 aromatic carbocycles. The van der Waals surface area contributed by atoms with Crippen molar-refractivity contribution in [3.05, 3.63) is 82.4 Å². The largest absolute Gasteiger partial charge is 0.508 e. The number of ether oxygens (including phenoxy) is 4. The molecule has 5 rings (SSSR count). The third kappa shape index (κ3) is 10.5. The number of fused-ring (bicyclic) bond motifs is 6. The summed E-state index contributed by atoms with van der Waals surface area (Å²) >= 11 is 0. The summed E-state index contributed by atoms with van der Waals surface area (Å²) in [6, 6.07) is 5.12. The number of alkyl halides is 1. The van der Waals surface area contributed by atoms with Crippen molar-refractivity contribution in [2.24, 2.45) is 11.8 Å². The van der Waals surface area contributed by atoms with Gasteiger partial charge in [0, 0.05) is 34.4 Å². The molecule has 2 heterocycles. The van der Waals surface area contributed by atoms with E-state index >= 15 is 0 Å². The summed E-state index contributed by atoms with van der Waals surface area (Å²) in [5.41, 5.74) is -0.788. The first-order valence-electron chi connectivity index (χ1n) is 20.6. The second kappa shape index (κ2) is 20.5. The van der Waals surface area contributed by atoms with E-state index in [1.54, 1.807) is 27.7 Å². The zero-order chi connectivity index (χ0) is 48.8. The van der Waals surface area contributed by atoms with Crippen LogP contribution >= 0.6 is 0 Å². The maximum Gasteiger partial charge on any atom is 0.340 e. The molecule has 0 saturated heterocycles. The van der Waals surface area contributed by atoms with E-state index < -0.39 is 120 Å². The zero-order valence-electron chi connectivity index (χ0n) is 36.9. The van der Waals surface area contributed by atoms with Crippen molar-refractivity contribution in [1.82, 2.24) is 26.6 Å². The number of hydrogen-bond acceptors (Lipinski definition) is 15. The highest BCUT2D eigenvalue weighted by Crippen LogP contribution is 2.57. The Kier molecular flexibility index (Phi) is 15.4. The molecule has 0 saturated carbocycles. The SMILES string of the molecule is COC(=O)CC(NC(=O)[C@H](C)NC(=O)[C@@H](NC(=O)[C@H](CC(=O)OC)NC(=O)[C@@H](NC(=O)c1ccc2c(c1)C1(OC2=O)c2ccc(O)cc2Oc2cc(O)ccc21)C(C)C)C(C)C)C(=O)CF. The molecule has 2 aliphatic heterocycles. The summed E-state index contributed by atoms with van der Waals surface area (Å²) in [5, 5.41) is 32.7. The van der Waals surface area contributed by atoms with Crippen molar-refractivity contribution >= 4 is 53.2 Å². The minimum Gasteiger partial charge on any atom is -0.508 e. The molecule has 5 amide bonds. The average Bonchev–Trinajstić information content (AvgIpc) is 3.56. The number of aromatic hydroxyl groups is 2. The lowest BCUT2D eigenvalue weighted by atomic mass is 9.77. The molecule has 1 unspecified atom stereocenters. The summed E-state index contributed by atoms with van der Waals surface area (Å²) in [7, 11) is 2.09. The number of carbonyl (C=O) groups is 9. The number of nitrogens with one attached hydrogen (secondary N) is 5. The third-order valence-electron chi connectivity index (χ3n) is 10.9. The number of ketones is 1. The number of hydrogen-bond donors (Lipinski definition) is 7. The van der Waals surface area contributed by atoms with Gasteiger partial charge in [-0.05, 0) is 61.2 Å². The first-order valence-corrected chi connectivity index (χ1v) is 20.6. The smallest absolute Gasteiger partial charge is 0.340 e. The third-order valence-corrected chi connectivity index (χ3v) is 10.9. The number of phenols is 2. The topological polar surface area (TPSA) is 291 Å². The number of carbonyl (C=O) groups excluding carboxylic acids is 9. The number of benzene rings is 3. The lowest BCUT2D eigenvalue weighted by Gasteiger charge is -2.36. The second-order valence-electron chi connectivity index (χ2n) is 16.2. The molecule has 0 bridgehead atoms. The van der Waals surface area contributed by atoms with Gasteiger partial charge in [-0.1, -0.05) is 27.7 Å². The fourth-order valence-corrected chi connectivity index (χ4v) is 7.36. The summed E-state index contributed by atoms with van der Waals surface area (Å²) in [4.78, 5) is 118. The van der Waals surface area contributed by atoms with Gasteiger partial charge in [0.1, 0.15) is 59.9 Å². The van der Waals surface area contributed by atoms with Gasteiger partial charge in [-0.2, -0.15) is 0 Å². The summed E-state index contributed by atoms with van der Waals surface area (Å²) < 4.78 is 34.5. The van der Waals surface area contributed by atoms with Crippen molar-refractivity contribution in [2.75, 3.05) is 20.9 Å². The summed E-state index contributed by atoms with van der Waals surface area (Å²) in [6.07, 6.45) is -1.38. The number of esters is 3. The molecular weight excluding hydrogens is 870 g/mol. The van der Waals surface area contributed by atoms with Gasteiger partial charge in [-0.3, -0.25) is 38.4 Å². The molecule has 66 heavy (non-hydrogen) atoms. The van der Waals surface area contributed by atoms with Crippen LogP contribution in [-0.2, 0) is 53.4 Å². The Hall–Kier alpha value is -7.58. The van der Waals surface area contributed by atoms with Crippen molar-refractivity contribution < 1.29 is 76.7 Å². The molecule has 0 aromatic heterocycles. The van der Waals surface area contributed by atoms with Crippen molar-refractivity contribution in [3.8, 4) is 23.0 Å². The maximum absolute atomic E-state index is 14.1. The number of rotatable bonds is 18. The van der Waals surface area contributed by atoms with Crippen molar-refractivity contribution in [1.29, 1.82) is 0 Å². The normalized spacial score (nSPS) is 15.2. The number of phenolic OH excluding ortho intramolecular Hbond substituents is 2. The Morgan fingerprint density at radius 1 is 0.636 bits per heavy atom. The van der Waals surface area contributed by atoms with Crippen LogP contribution in [-0.4, -0.2) is 115 Å². The van der Waals surface area contributed by atoms with Crippen molar-refractivity contribution in [3.63, 3.8) is 0 Å². The molecule has 3 aromatic rings. The Bertz CT molecular complexity index is 2410. The van der Waals surface area contributed by atoms with Gasteiger partial charge in [0.25, 0.3) is 5.91 Å². The lowest BCUT2D eigenvalue weighted by molar-refractivity contribution is -0.144. The van der Waals surface area contributed by atoms with Crippen LogP contribution in [0.15, 0.2) is 54.6 Å². The van der Waals surface area contributed by atoms with Crippen LogP contribution in [0, 0.1) is 11.8 Å². The molecule has 0 aliphatic carbocycles. The van der Waals surface area contributed by atoms with Gasteiger partial charge in [-0.25, -0.2) is 9.18 Å². The van der Waals surface area contributed by atoms with Crippen LogP contribution in [0.5, 0.6) is 23.0 Å². The standard InChI is InChI=1S/C45H50FN5O15/c1-20(2)37(42(60)47-22(5)39(57)48-30(32(54)19-46)17-35(55)63-6)51-41(59)31(18-36(56)64-7)49-43(61)38(21(3)4)50-40(58)23-8-11-26-29(14-23)45(66-44(26)62)27-12-9-24(52)15-33(27)65-34-16-25(53)10-13-28(34)45/h8-16,20-22,30-31,37-38,52-53H,17-19H2,1-7H3,(H,47,60)(H,48,57)(H,49,61)(H,50,58)(H,51,59)/t22-,30?,31-,37-,38-/m0/s1. The Balaban J connectivity index is 1.35. The minimum absolute atomic E-state index is 0.0254. The lowest BCUT2D eigenvalue weighted by Crippen LogP contribution is -2.60. The average molecular weight is 920 g/mol. The van der Waals surface area contributed by atoms with E-state index in [0.717, 1.165) is 14.2 Å².